The van der Waals surface area contributed by atoms with Crippen molar-refractivity contribution in [3.8, 4) is 0 Å². The zero-order chi connectivity index (χ0) is 14.4. The lowest BCUT2D eigenvalue weighted by Gasteiger charge is -2.26. The fraction of sp³-hybridized carbons (Fsp3) is 0.643. The zero-order valence-corrected chi connectivity index (χ0v) is 13.0. The van der Waals surface area contributed by atoms with Gasteiger partial charge in [0, 0.05) is 45.6 Å². The number of hydrogen-bond acceptors (Lipinski definition) is 2. The number of nitrogens with zero attached hydrogens (tertiary/aromatic N) is 4. The Balaban J connectivity index is 2.53. The fourth-order valence-electron chi connectivity index (χ4n) is 1.78. The number of guanidine groups is 1. The van der Waals surface area contributed by atoms with Gasteiger partial charge in [0.1, 0.15) is 0 Å². The van der Waals surface area contributed by atoms with Crippen molar-refractivity contribution in [2.45, 2.75) is 19.5 Å². The predicted molar refractivity (Wildman–Crippen MR) is 81.4 cm³/mol. The molecule has 0 fully saturated rings. The third kappa shape index (κ3) is 4.59. The topological polar surface area (TPSA) is 35.8 Å². The predicted octanol–water partition coefficient (Wildman–Crippen LogP) is 0.982. The summed E-state index contributed by atoms with van der Waals surface area (Å²) in [5, 5.41) is 3.41. The molecule has 0 aliphatic carbocycles. The molecule has 1 unspecified atom stereocenters. The van der Waals surface area contributed by atoms with Crippen LogP contribution in [0.2, 0.25) is 0 Å². The SMILES string of the molecule is CN=C(NCC(C)N(C)C)N(C)Cc1cccn1C. The van der Waals surface area contributed by atoms with Crippen LogP contribution in [0.1, 0.15) is 12.6 Å². The second-order valence-electron chi connectivity index (χ2n) is 5.21. The number of aromatic nitrogens is 1. The summed E-state index contributed by atoms with van der Waals surface area (Å²) in [6.07, 6.45) is 2.06. The van der Waals surface area contributed by atoms with E-state index in [9.17, 15) is 0 Å². The third-order valence-corrected chi connectivity index (χ3v) is 3.46. The summed E-state index contributed by atoms with van der Waals surface area (Å²) >= 11 is 0. The van der Waals surface area contributed by atoms with Gasteiger partial charge in [-0.25, -0.2) is 0 Å². The van der Waals surface area contributed by atoms with Crippen molar-refractivity contribution in [3.05, 3.63) is 24.0 Å². The zero-order valence-electron chi connectivity index (χ0n) is 13.0. The highest BCUT2D eigenvalue weighted by atomic mass is 15.3. The van der Waals surface area contributed by atoms with Gasteiger partial charge in [-0.05, 0) is 33.2 Å². The maximum Gasteiger partial charge on any atom is 0.193 e. The minimum atomic E-state index is 0.472. The molecule has 1 aromatic rings. The maximum absolute atomic E-state index is 4.33. The fourth-order valence-corrected chi connectivity index (χ4v) is 1.78. The Morgan fingerprint density at radius 3 is 2.58 bits per heavy atom. The highest BCUT2D eigenvalue weighted by molar-refractivity contribution is 5.79. The van der Waals surface area contributed by atoms with E-state index in [-0.39, 0.29) is 0 Å². The summed E-state index contributed by atoms with van der Waals surface area (Å²) in [6.45, 7) is 3.92. The number of hydrogen-bond donors (Lipinski definition) is 1. The molecule has 0 aromatic carbocycles. The van der Waals surface area contributed by atoms with Crippen molar-refractivity contribution in [3.63, 3.8) is 0 Å². The lowest BCUT2D eigenvalue weighted by Crippen LogP contribution is -2.44. The van der Waals surface area contributed by atoms with Gasteiger partial charge in [0.15, 0.2) is 5.96 Å². The van der Waals surface area contributed by atoms with E-state index in [1.165, 1.54) is 5.69 Å². The van der Waals surface area contributed by atoms with Gasteiger partial charge in [-0.2, -0.15) is 0 Å². The van der Waals surface area contributed by atoms with Gasteiger partial charge in [0.25, 0.3) is 0 Å². The smallest absolute Gasteiger partial charge is 0.193 e. The first kappa shape index (κ1) is 15.6. The molecule has 1 rings (SSSR count). The van der Waals surface area contributed by atoms with Gasteiger partial charge >= 0.3 is 0 Å². The second-order valence-corrected chi connectivity index (χ2v) is 5.21. The Kier molecular flexibility index (Phi) is 5.89. The summed E-state index contributed by atoms with van der Waals surface area (Å²) in [5.41, 5.74) is 1.27. The molecule has 1 aromatic heterocycles. The van der Waals surface area contributed by atoms with Crippen molar-refractivity contribution in [1.82, 2.24) is 19.7 Å². The molecule has 0 bridgehead atoms. The molecule has 1 heterocycles. The van der Waals surface area contributed by atoms with Crippen LogP contribution in [0.3, 0.4) is 0 Å². The van der Waals surface area contributed by atoms with E-state index < -0.39 is 0 Å². The molecule has 5 nitrogen and oxygen atoms in total. The van der Waals surface area contributed by atoms with Gasteiger partial charge in [0.2, 0.25) is 0 Å². The van der Waals surface area contributed by atoms with Gasteiger partial charge in [-0.3, -0.25) is 4.99 Å². The van der Waals surface area contributed by atoms with E-state index in [2.05, 4.69) is 78.1 Å². The molecule has 0 saturated heterocycles. The molecular formula is C14H27N5. The van der Waals surface area contributed by atoms with Crippen molar-refractivity contribution < 1.29 is 0 Å². The van der Waals surface area contributed by atoms with Crippen LogP contribution in [0.5, 0.6) is 0 Å². The van der Waals surface area contributed by atoms with E-state index in [0.29, 0.717) is 6.04 Å². The Hall–Kier alpha value is -1.49. The standard InChI is InChI=1S/C14H27N5/c1-12(17(3)4)10-16-14(15-2)19(6)11-13-8-7-9-18(13)5/h7-9,12H,10-11H2,1-6H3,(H,15,16). The molecule has 1 N–H and O–H groups in total. The van der Waals surface area contributed by atoms with Crippen LogP contribution in [0, 0.1) is 0 Å². The molecule has 5 heteroatoms. The largest absolute Gasteiger partial charge is 0.355 e. The number of aryl methyl sites for hydroxylation is 1. The molecular weight excluding hydrogens is 238 g/mol. The van der Waals surface area contributed by atoms with Crippen molar-refractivity contribution in [2.75, 3.05) is 34.7 Å². The second kappa shape index (κ2) is 7.19. The molecule has 108 valence electrons. The highest BCUT2D eigenvalue weighted by Gasteiger charge is 2.10. The summed E-state index contributed by atoms with van der Waals surface area (Å²) in [7, 11) is 10.1. The Bertz CT molecular complexity index is 408. The molecule has 19 heavy (non-hydrogen) atoms. The summed E-state index contributed by atoms with van der Waals surface area (Å²) < 4.78 is 2.13. The van der Waals surface area contributed by atoms with Gasteiger partial charge in [0.05, 0.1) is 6.54 Å². The van der Waals surface area contributed by atoms with Crippen LogP contribution in [-0.4, -0.2) is 61.1 Å². The maximum atomic E-state index is 4.33. The Morgan fingerprint density at radius 2 is 2.11 bits per heavy atom. The van der Waals surface area contributed by atoms with Crippen LogP contribution in [-0.2, 0) is 13.6 Å². The molecule has 0 aliphatic rings. The highest BCUT2D eigenvalue weighted by Crippen LogP contribution is 2.03. The molecule has 0 aliphatic heterocycles. The van der Waals surface area contributed by atoms with Gasteiger partial charge in [-0.15, -0.1) is 0 Å². The Morgan fingerprint density at radius 1 is 1.42 bits per heavy atom. The van der Waals surface area contributed by atoms with Crippen LogP contribution in [0.25, 0.3) is 0 Å². The Labute approximate surface area is 116 Å². The van der Waals surface area contributed by atoms with E-state index in [4.69, 9.17) is 0 Å². The van der Waals surface area contributed by atoms with Gasteiger partial charge < -0.3 is 19.7 Å². The van der Waals surface area contributed by atoms with Crippen LogP contribution in [0.4, 0.5) is 0 Å². The summed E-state index contributed by atoms with van der Waals surface area (Å²) in [6, 6.07) is 4.67. The van der Waals surface area contributed by atoms with Crippen molar-refractivity contribution >= 4 is 5.96 Å². The minimum absolute atomic E-state index is 0.472. The first-order valence-corrected chi connectivity index (χ1v) is 6.64. The van der Waals surface area contributed by atoms with E-state index in [0.717, 1.165) is 19.0 Å². The summed E-state index contributed by atoms with van der Waals surface area (Å²) in [5.74, 6) is 0.926. The molecule has 0 saturated carbocycles. The number of likely N-dealkylation sites (N-methyl/N-ethyl adjacent to an activating group) is 1. The van der Waals surface area contributed by atoms with Gasteiger partial charge in [-0.1, -0.05) is 0 Å². The average molecular weight is 265 g/mol. The molecule has 0 spiro atoms. The van der Waals surface area contributed by atoms with E-state index in [1.807, 2.05) is 7.05 Å². The molecule has 0 amide bonds. The lowest BCUT2D eigenvalue weighted by atomic mass is 10.3. The quantitative estimate of drug-likeness (QED) is 0.637. The normalized spacial score (nSPS) is 13.7. The van der Waals surface area contributed by atoms with Crippen molar-refractivity contribution in [2.24, 2.45) is 12.0 Å². The number of rotatable bonds is 5. The first-order chi connectivity index (χ1) is 8.95. The number of nitrogens with one attached hydrogen (secondary N) is 1. The average Bonchev–Trinajstić information content (AvgIpc) is 2.75. The first-order valence-electron chi connectivity index (χ1n) is 6.64. The van der Waals surface area contributed by atoms with Crippen LogP contribution in [0.15, 0.2) is 23.3 Å². The third-order valence-electron chi connectivity index (χ3n) is 3.46. The lowest BCUT2D eigenvalue weighted by molar-refractivity contribution is 0.309. The molecule has 0 radical (unpaired) electrons. The number of aliphatic imine (C=N–C) groups is 1. The summed E-state index contributed by atoms with van der Waals surface area (Å²) in [4.78, 5) is 8.66. The molecule has 1 atom stereocenters. The van der Waals surface area contributed by atoms with Crippen LogP contribution >= 0.6 is 0 Å². The van der Waals surface area contributed by atoms with Crippen molar-refractivity contribution in [1.29, 1.82) is 0 Å². The van der Waals surface area contributed by atoms with Crippen LogP contribution < -0.4 is 5.32 Å². The van der Waals surface area contributed by atoms with E-state index in [1.54, 1.807) is 0 Å². The monoisotopic (exact) mass is 265 g/mol. The minimum Gasteiger partial charge on any atom is -0.355 e. The van der Waals surface area contributed by atoms with E-state index >= 15 is 0 Å².